The Labute approximate surface area is 152 Å². The van der Waals surface area contributed by atoms with Gasteiger partial charge in [0.05, 0.1) is 4.47 Å². The lowest BCUT2D eigenvalue weighted by atomic mass is 9.63. The minimum atomic E-state index is 0.221. The summed E-state index contributed by atoms with van der Waals surface area (Å²) in [5, 5.41) is 1.13. The second-order valence-corrected chi connectivity index (χ2v) is 9.15. The highest BCUT2D eigenvalue weighted by molar-refractivity contribution is 9.10. The lowest BCUT2D eigenvalue weighted by molar-refractivity contribution is 0.332. The Bertz CT molecular complexity index is 930. The van der Waals surface area contributed by atoms with Gasteiger partial charge in [-0.2, -0.15) is 0 Å². The van der Waals surface area contributed by atoms with Crippen molar-refractivity contribution < 1.29 is 4.42 Å². The summed E-state index contributed by atoms with van der Waals surface area (Å²) in [6.07, 6.45) is 4.25. The zero-order chi connectivity index (χ0) is 17.1. The number of furan rings is 1. The number of fused-ring (bicyclic) bond motifs is 2. The van der Waals surface area contributed by atoms with Gasteiger partial charge < -0.3 is 4.42 Å². The van der Waals surface area contributed by atoms with Crippen molar-refractivity contribution in [1.29, 1.82) is 0 Å². The van der Waals surface area contributed by atoms with E-state index < -0.39 is 0 Å². The predicted molar refractivity (Wildman–Crippen MR) is 105 cm³/mol. The molecule has 124 valence electrons. The quantitative estimate of drug-likeness (QED) is 0.433. The summed E-state index contributed by atoms with van der Waals surface area (Å²) >= 11 is 3.57. The predicted octanol–water partition coefficient (Wildman–Crippen LogP) is 7.21. The minimum Gasteiger partial charge on any atom is -0.462 e. The monoisotopic (exact) mass is 382 g/mol. The van der Waals surface area contributed by atoms with Crippen LogP contribution in [0.2, 0.25) is 0 Å². The highest BCUT2D eigenvalue weighted by Crippen LogP contribution is 2.47. The molecular weight excluding hydrogens is 360 g/mol. The summed E-state index contributed by atoms with van der Waals surface area (Å²) in [5.74, 6) is 0. The van der Waals surface area contributed by atoms with Gasteiger partial charge in [0.2, 0.25) is 0 Å². The molecule has 1 heterocycles. The zero-order valence-electron chi connectivity index (χ0n) is 14.7. The Hall–Kier alpha value is -1.54. The van der Waals surface area contributed by atoms with Crippen LogP contribution < -0.4 is 0 Å². The van der Waals surface area contributed by atoms with Gasteiger partial charge in [-0.15, -0.1) is 0 Å². The third kappa shape index (κ3) is 2.35. The molecule has 0 N–H and O–H groups in total. The SMILES string of the molecule is CC1(C)CCC(C)(C)c2cc(-c3cccc4c(Br)coc34)ccc21. The van der Waals surface area contributed by atoms with Crippen LogP contribution in [-0.2, 0) is 10.8 Å². The molecule has 0 atom stereocenters. The Morgan fingerprint density at radius 2 is 1.62 bits per heavy atom. The van der Waals surface area contributed by atoms with E-state index in [-0.39, 0.29) is 10.8 Å². The van der Waals surface area contributed by atoms with E-state index in [0.717, 1.165) is 15.4 Å². The van der Waals surface area contributed by atoms with E-state index in [0.29, 0.717) is 0 Å². The molecule has 0 unspecified atom stereocenters. The Balaban J connectivity index is 1.95. The first-order valence-electron chi connectivity index (χ1n) is 8.61. The van der Waals surface area contributed by atoms with Crippen molar-refractivity contribution in [1.82, 2.24) is 0 Å². The molecule has 0 bridgehead atoms. The molecule has 0 fully saturated rings. The van der Waals surface area contributed by atoms with Crippen molar-refractivity contribution in [3.8, 4) is 11.1 Å². The van der Waals surface area contributed by atoms with E-state index in [2.05, 4.69) is 80.0 Å². The summed E-state index contributed by atoms with van der Waals surface area (Å²) in [7, 11) is 0. The normalized spacial score (nSPS) is 18.5. The van der Waals surface area contributed by atoms with Crippen LogP contribution in [0.1, 0.15) is 51.7 Å². The average Bonchev–Trinajstić information content (AvgIpc) is 2.93. The van der Waals surface area contributed by atoms with E-state index >= 15 is 0 Å². The van der Waals surface area contributed by atoms with Crippen molar-refractivity contribution in [3.05, 3.63) is 58.3 Å². The number of hydrogen-bond acceptors (Lipinski definition) is 1. The summed E-state index contributed by atoms with van der Waals surface area (Å²) in [5.41, 5.74) is 6.82. The maximum atomic E-state index is 5.82. The molecule has 0 radical (unpaired) electrons. The van der Waals surface area contributed by atoms with Gasteiger partial charge in [-0.05, 0) is 62.4 Å². The molecular formula is C22H23BrO. The number of rotatable bonds is 1. The van der Waals surface area contributed by atoms with Crippen molar-refractivity contribution >= 4 is 26.9 Å². The van der Waals surface area contributed by atoms with Crippen LogP contribution in [0.15, 0.2) is 51.6 Å². The Morgan fingerprint density at radius 1 is 0.917 bits per heavy atom. The number of para-hydroxylation sites is 1. The van der Waals surface area contributed by atoms with Gasteiger partial charge in [-0.25, -0.2) is 0 Å². The fourth-order valence-electron chi connectivity index (χ4n) is 4.01. The van der Waals surface area contributed by atoms with Crippen LogP contribution in [0, 0.1) is 0 Å². The standard InChI is InChI=1S/C22H23BrO/c1-21(2)10-11-22(3,4)18-12-14(8-9-17(18)21)15-6-5-7-16-19(23)13-24-20(15)16/h5-9,12-13H,10-11H2,1-4H3. The molecule has 0 amide bonds. The summed E-state index contributed by atoms with van der Waals surface area (Å²) < 4.78 is 6.84. The first-order chi connectivity index (χ1) is 11.3. The maximum Gasteiger partial charge on any atom is 0.142 e. The average molecular weight is 383 g/mol. The minimum absolute atomic E-state index is 0.221. The van der Waals surface area contributed by atoms with Gasteiger partial charge in [0.25, 0.3) is 0 Å². The Morgan fingerprint density at radius 3 is 2.38 bits per heavy atom. The molecule has 0 spiro atoms. The first-order valence-corrected chi connectivity index (χ1v) is 9.40. The van der Waals surface area contributed by atoms with Gasteiger partial charge in [-0.3, -0.25) is 0 Å². The Kier molecular flexibility index (Phi) is 3.47. The van der Waals surface area contributed by atoms with Gasteiger partial charge in [0.1, 0.15) is 11.8 Å². The topological polar surface area (TPSA) is 13.1 Å². The molecule has 1 aliphatic rings. The number of halogens is 1. The van der Waals surface area contributed by atoms with Crippen LogP contribution in [0.3, 0.4) is 0 Å². The van der Waals surface area contributed by atoms with Crippen molar-refractivity contribution in [2.24, 2.45) is 0 Å². The van der Waals surface area contributed by atoms with Crippen molar-refractivity contribution in [3.63, 3.8) is 0 Å². The third-order valence-corrected chi connectivity index (χ3v) is 6.33. The van der Waals surface area contributed by atoms with E-state index in [9.17, 15) is 0 Å². The summed E-state index contributed by atoms with van der Waals surface area (Å²) in [6.45, 7) is 9.47. The molecule has 24 heavy (non-hydrogen) atoms. The van der Waals surface area contributed by atoms with Crippen molar-refractivity contribution in [2.75, 3.05) is 0 Å². The van der Waals surface area contributed by atoms with E-state index in [1.807, 2.05) is 0 Å². The lowest BCUT2D eigenvalue weighted by Gasteiger charge is -2.42. The largest absolute Gasteiger partial charge is 0.462 e. The van der Waals surface area contributed by atoms with E-state index in [4.69, 9.17) is 4.42 Å². The van der Waals surface area contributed by atoms with Crippen LogP contribution in [0.25, 0.3) is 22.1 Å². The first kappa shape index (κ1) is 16.0. The zero-order valence-corrected chi connectivity index (χ0v) is 16.3. The summed E-state index contributed by atoms with van der Waals surface area (Å²) in [4.78, 5) is 0. The lowest BCUT2D eigenvalue weighted by Crippen LogP contribution is -2.33. The molecule has 1 aromatic heterocycles. The third-order valence-electron chi connectivity index (χ3n) is 5.72. The molecule has 2 aromatic carbocycles. The molecule has 2 heteroatoms. The summed E-state index contributed by atoms with van der Waals surface area (Å²) in [6, 6.07) is 13.3. The molecule has 0 aliphatic heterocycles. The maximum absolute atomic E-state index is 5.82. The van der Waals surface area contributed by atoms with Crippen molar-refractivity contribution in [2.45, 2.75) is 51.4 Å². The highest BCUT2D eigenvalue weighted by Gasteiger charge is 2.37. The van der Waals surface area contributed by atoms with Crippen LogP contribution >= 0.6 is 15.9 Å². The molecule has 4 rings (SSSR count). The van der Waals surface area contributed by atoms with Crippen LogP contribution in [-0.4, -0.2) is 0 Å². The number of hydrogen-bond donors (Lipinski definition) is 0. The van der Waals surface area contributed by atoms with Gasteiger partial charge in [-0.1, -0.05) is 58.0 Å². The molecule has 3 aromatic rings. The molecule has 1 aliphatic carbocycles. The fourth-order valence-corrected chi connectivity index (χ4v) is 4.42. The molecule has 0 saturated carbocycles. The van der Waals surface area contributed by atoms with Gasteiger partial charge in [0, 0.05) is 10.9 Å². The van der Waals surface area contributed by atoms with Gasteiger partial charge >= 0.3 is 0 Å². The second kappa shape index (κ2) is 5.23. The highest BCUT2D eigenvalue weighted by atomic mass is 79.9. The van der Waals surface area contributed by atoms with E-state index in [1.54, 1.807) is 6.26 Å². The van der Waals surface area contributed by atoms with Crippen LogP contribution in [0.5, 0.6) is 0 Å². The smallest absolute Gasteiger partial charge is 0.142 e. The molecule has 1 nitrogen and oxygen atoms in total. The fraction of sp³-hybridized carbons (Fsp3) is 0.364. The second-order valence-electron chi connectivity index (χ2n) is 8.29. The van der Waals surface area contributed by atoms with E-state index in [1.165, 1.54) is 35.1 Å². The van der Waals surface area contributed by atoms with Gasteiger partial charge in [0.15, 0.2) is 0 Å². The number of benzene rings is 2. The molecule has 0 saturated heterocycles. The van der Waals surface area contributed by atoms with Crippen LogP contribution in [0.4, 0.5) is 0 Å².